The van der Waals surface area contributed by atoms with Crippen molar-refractivity contribution in [2.24, 2.45) is 0 Å². The second kappa shape index (κ2) is 6.83. The highest BCUT2D eigenvalue weighted by atomic mass is 79.9. The molecule has 1 unspecified atom stereocenters. The first-order chi connectivity index (χ1) is 7.69. The molecule has 0 aliphatic heterocycles. The van der Waals surface area contributed by atoms with Crippen LogP contribution in [-0.4, -0.2) is 19.1 Å². The molecule has 0 aliphatic carbocycles. The molecular formula is C11H14BrNO2S. The lowest BCUT2D eigenvalue weighted by atomic mass is 10.2. The third-order valence-electron chi connectivity index (χ3n) is 1.86. The molecule has 0 aromatic carbocycles. The lowest BCUT2D eigenvalue weighted by molar-refractivity contribution is -0.145. The summed E-state index contributed by atoms with van der Waals surface area (Å²) in [6, 6.07) is 1.51. The molecule has 0 amide bonds. The molecule has 3 nitrogen and oxygen atoms in total. The van der Waals surface area contributed by atoms with Crippen molar-refractivity contribution < 1.29 is 9.53 Å². The Balaban J connectivity index is 2.77. The maximum Gasteiger partial charge on any atom is 0.328 e. The molecular weight excluding hydrogens is 290 g/mol. The minimum Gasteiger partial charge on any atom is -0.465 e. The maximum absolute atomic E-state index is 11.7. The lowest BCUT2D eigenvalue weighted by Gasteiger charge is -2.14. The summed E-state index contributed by atoms with van der Waals surface area (Å²) in [6.07, 6.45) is 1.72. The van der Waals surface area contributed by atoms with Gasteiger partial charge in [0.15, 0.2) is 0 Å². The van der Waals surface area contributed by atoms with Crippen molar-refractivity contribution in [2.75, 3.05) is 13.2 Å². The second-order valence-corrected chi connectivity index (χ2v) is 4.91. The highest BCUT2D eigenvalue weighted by molar-refractivity contribution is 9.10. The lowest BCUT2D eigenvalue weighted by Crippen LogP contribution is -2.29. The van der Waals surface area contributed by atoms with Gasteiger partial charge in [0.1, 0.15) is 6.04 Å². The summed E-state index contributed by atoms with van der Waals surface area (Å²) in [4.78, 5) is 12.7. The van der Waals surface area contributed by atoms with E-state index in [4.69, 9.17) is 4.74 Å². The minimum absolute atomic E-state index is 0.251. The molecule has 16 heavy (non-hydrogen) atoms. The van der Waals surface area contributed by atoms with Crippen molar-refractivity contribution in [2.45, 2.75) is 13.0 Å². The van der Waals surface area contributed by atoms with Crippen molar-refractivity contribution in [1.29, 1.82) is 0 Å². The van der Waals surface area contributed by atoms with Crippen LogP contribution in [0.25, 0.3) is 0 Å². The van der Waals surface area contributed by atoms with Crippen molar-refractivity contribution in [3.8, 4) is 0 Å². The van der Waals surface area contributed by atoms with Crippen LogP contribution >= 0.6 is 27.3 Å². The number of nitrogens with one attached hydrogen (secondary N) is 1. The van der Waals surface area contributed by atoms with Crippen LogP contribution in [0.4, 0.5) is 0 Å². The van der Waals surface area contributed by atoms with E-state index in [-0.39, 0.29) is 5.97 Å². The predicted molar refractivity (Wildman–Crippen MR) is 69.6 cm³/mol. The summed E-state index contributed by atoms with van der Waals surface area (Å²) >= 11 is 4.88. The van der Waals surface area contributed by atoms with Crippen LogP contribution < -0.4 is 5.32 Å². The molecule has 0 saturated carbocycles. The maximum atomic E-state index is 11.7. The Morgan fingerprint density at radius 3 is 3.06 bits per heavy atom. The van der Waals surface area contributed by atoms with Crippen LogP contribution in [-0.2, 0) is 9.53 Å². The van der Waals surface area contributed by atoms with Gasteiger partial charge in [0.25, 0.3) is 0 Å². The van der Waals surface area contributed by atoms with Gasteiger partial charge in [-0.2, -0.15) is 0 Å². The topological polar surface area (TPSA) is 38.3 Å². The van der Waals surface area contributed by atoms with Crippen LogP contribution in [0.5, 0.6) is 0 Å². The molecule has 0 saturated heterocycles. The van der Waals surface area contributed by atoms with Crippen molar-refractivity contribution in [1.82, 2.24) is 5.32 Å². The van der Waals surface area contributed by atoms with Crippen LogP contribution in [0.2, 0.25) is 0 Å². The number of hydrogen-bond donors (Lipinski definition) is 1. The minimum atomic E-state index is -0.408. The fourth-order valence-corrected chi connectivity index (χ4v) is 2.71. The monoisotopic (exact) mass is 303 g/mol. The third kappa shape index (κ3) is 3.73. The fraction of sp³-hybridized carbons (Fsp3) is 0.364. The molecule has 1 atom stereocenters. The molecule has 0 bridgehead atoms. The molecule has 1 aromatic rings. The van der Waals surface area contributed by atoms with Gasteiger partial charge in [0, 0.05) is 21.3 Å². The van der Waals surface area contributed by atoms with Crippen LogP contribution in [0.1, 0.15) is 17.8 Å². The molecule has 1 heterocycles. The summed E-state index contributed by atoms with van der Waals surface area (Å²) in [7, 11) is 0. The number of thiophene rings is 1. The van der Waals surface area contributed by atoms with E-state index in [1.54, 1.807) is 13.0 Å². The SMILES string of the molecule is C=CCNC(C(=O)OCC)c1cc(Br)cs1. The molecule has 0 radical (unpaired) electrons. The number of halogens is 1. The first kappa shape index (κ1) is 13.4. The number of ether oxygens (including phenoxy) is 1. The van der Waals surface area contributed by atoms with Crippen LogP contribution in [0.3, 0.4) is 0 Å². The third-order valence-corrected chi connectivity index (χ3v) is 3.62. The fourth-order valence-electron chi connectivity index (χ4n) is 1.21. The Bertz CT molecular complexity index is 365. The van der Waals surface area contributed by atoms with Gasteiger partial charge in [0.2, 0.25) is 0 Å². The number of esters is 1. The molecule has 0 fully saturated rings. The molecule has 1 N–H and O–H groups in total. The van der Waals surface area contributed by atoms with E-state index < -0.39 is 6.04 Å². The van der Waals surface area contributed by atoms with Gasteiger partial charge >= 0.3 is 5.97 Å². The Labute approximate surface area is 108 Å². The van der Waals surface area contributed by atoms with Crippen LogP contribution in [0.15, 0.2) is 28.6 Å². The van der Waals surface area contributed by atoms with Gasteiger partial charge in [-0.05, 0) is 28.9 Å². The zero-order chi connectivity index (χ0) is 12.0. The van der Waals surface area contributed by atoms with Crippen molar-refractivity contribution in [3.05, 3.63) is 33.5 Å². The summed E-state index contributed by atoms with van der Waals surface area (Å²) < 4.78 is 5.99. The van der Waals surface area contributed by atoms with Crippen molar-refractivity contribution in [3.63, 3.8) is 0 Å². The second-order valence-electron chi connectivity index (χ2n) is 3.05. The van der Waals surface area contributed by atoms with Gasteiger partial charge in [-0.25, -0.2) is 4.79 Å². The van der Waals surface area contributed by atoms with E-state index in [0.29, 0.717) is 13.2 Å². The van der Waals surface area contributed by atoms with Crippen molar-refractivity contribution >= 4 is 33.2 Å². The average molecular weight is 304 g/mol. The Kier molecular flexibility index (Phi) is 5.73. The van der Waals surface area contributed by atoms with Gasteiger partial charge in [0.05, 0.1) is 6.61 Å². The predicted octanol–water partition coefficient (Wildman–Crippen LogP) is 2.89. The van der Waals surface area contributed by atoms with E-state index in [1.165, 1.54) is 11.3 Å². The van der Waals surface area contributed by atoms with E-state index in [9.17, 15) is 4.79 Å². The molecule has 0 spiro atoms. The summed E-state index contributed by atoms with van der Waals surface area (Å²) in [5.41, 5.74) is 0. The normalized spacial score (nSPS) is 12.1. The van der Waals surface area contributed by atoms with E-state index in [1.807, 2.05) is 11.4 Å². The first-order valence-electron chi connectivity index (χ1n) is 4.93. The van der Waals surface area contributed by atoms with E-state index in [2.05, 4.69) is 27.8 Å². The summed E-state index contributed by atoms with van der Waals surface area (Å²) in [6.45, 7) is 6.37. The van der Waals surface area contributed by atoms with E-state index >= 15 is 0 Å². The number of carbonyl (C=O) groups is 1. The molecule has 88 valence electrons. The Morgan fingerprint density at radius 1 is 1.81 bits per heavy atom. The van der Waals surface area contributed by atoms with E-state index in [0.717, 1.165) is 9.35 Å². The molecule has 5 heteroatoms. The summed E-state index contributed by atoms with van der Waals surface area (Å²) in [5, 5.41) is 5.02. The highest BCUT2D eigenvalue weighted by Crippen LogP contribution is 2.26. The molecule has 0 aliphatic rings. The zero-order valence-electron chi connectivity index (χ0n) is 9.03. The van der Waals surface area contributed by atoms with Gasteiger partial charge in [-0.15, -0.1) is 17.9 Å². The Morgan fingerprint density at radius 2 is 2.56 bits per heavy atom. The first-order valence-corrected chi connectivity index (χ1v) is 6.61. The summed E-state index contributed by atoms with van der Waals surface area (Å²) in [5.74, 6) is -0.251. The number of carbonyl (C=O) groups excluding carboxylic acids is 1. The number of rotatable bonds is 6. The highest BCUT2D eigenvalue weighted by Gasteiger charge is 2.22. The molecule has 1 rings (SSSR count). The molecule has 1 aromatic heterocycles. The largest absolute Gasteiger partial charge is 0.465 e. The Hall–Kier alpha value is -0.650. The zero-order valence-corrected chi connectivity index (χ0v) is 11.4. The van der Waals surface area contributed by atoms with Gasteiger partial charge < -0.3 is 4.74 Å². The average Bonchev–Trinajstić information content (AvgIpc) is 2.66. The quantitative estimate of drug-likeness (QED) is 0.649. The smallest absolute Gasteiger partial charge is 0.328 e. The standard InChI is InChI=1S/C11H14BrNO2S/c1-3-5-13-10(11(14)15-4-2)9-6-8(12)7-16-9/h3,6-7,10,13H,1,4-5H2,2H3. The van der Waals surface area contributed by atoms with Crippen LogP contribution in [0, 0.1) is 0 Å². The number of hydrogen-bond acceptors (Lipinski definition) is 4. The van der Waals surface area contributed by atoms with Gasteiger partial charge in [-0.1, -0.05) is 6.08 Å². The van der Waals surface area contributed by atoms with Gasteiger partial charge in [-0.3, -0.25) is 5.32 Å².